The van der Waals surface area contributed by atoms with E-state index < -0.39 is 15.8 Å². The van der Waals surface area contributed by atoms with Crippen molar-refractivity contribution in [3.63, 3.8) is 0 Å². The number of ether oxygens (including phenoxy) is 1. The molecule has 1 aliphatic rings. The first-order valence-electron chi connectivity index (χ1n) is 9.65. The summed E-state index contributed by atoms with van der Waals surface area (Å²) in [5.74, 6) is -1.09. The van der Waals surface area contributed by atoms with E-state index >= 15 is 0 Å². The number of nitrogens with one attached hydrogen (secondary N) is 1. The molecule has 2 aromatic heterocycles. The van der Waals surface area contributed by atoms with Crippen LogP contribution in [0.2, 0.25) is 0 Å². The molecular formula is C21H20N2O5S3. The van der Waals surface area contributed by atoms with Crippen molar-refractivity contribution in [3.8, 4) is 10.6 Å². The van der Waals surface area contributed by atoms with E-state index in [1.54, 1.807) is 13.8 Å². The Morgan fingerprint density at radius 2 is 1.94 bits per heavy atom. The third kappa shape index (κ3) is 4.41. The van der Waals surface area contributed by atoms with Crippen LogP contribution < -0.4 is 5.32 Å². The molecule has 162 valence electrons. The van der Waals surface area contributed by atoms with E-state index in [0.29, 0.717) is 26.0 Å². The fourth-order valence-corrected chi connectivity index (χ4v) is 7.40. The molecule has 10 heteroatoms. The minimum atomic E-state index is -3.21. The van der Waals surface area contributed by atoms with E-state index in [0.717, 1.165) is 21.9 Å². The second-order valence-electron chi connectivity index (χ2n) is 7.02. The number of carbonyl (C=O) groups is 2. The third-order valence-electron chi connectivity index (χ3n) is 4.83. The highest BCUT2D eigenvalue weighted by Gasteiger charge is 2.32. The Morgan fingerprint density at radius 1 is 1.19 bits per heavy atom. The number of thiophene rings is 1. The number of benzene rings is 1. The Labute approximate surface area is 188 Å². The van der Waals surface area contributed by atoms with Gasteiger partial charge in [-0.15, -0.1) is 22.7 Å². The van der Waals surface area contributed by atoms with Gasteiger partial charge in [-0.3, -0.25) is 4.79 Å². The van der Waals surface area contributed by atoms with Gasteiger partial charge < -0.3 is 10.1 Å². The fraction of sp³-hybridized carbons (Fsp3) is 0.286. The van der Waals surface area contributed by atoms with Crippen molar-refractivity contribution in [2.75, 3.05) is 17.7 Å². The molecular weight excluding hydrogens is 456 g/mol. The maximum absolute atomic E-state index is 13.0. The van der Waals surface area contributed by atoms with Crippen molar-refractivity contribution in [2.45, 2.75) is 26.0 Å². The van der Waals surface area contributed by atoms with Crippen molar-refractivity contribution in [1.29, 1.82) is 0 Å². The normalized spacial score (nSPS) is 14.6. The van der Waals surface area contributed by atoms with Crippen LogP contribution in [0.5, 0.6) is 0 Å². The number of thiazole rings is 1. The van der Waals surface area contributed by atoms with Gasteiger partial charge in [0, 0.05) is 10.4 Å². The number of nitrogens with zero attached hydrogens (tertiary/aromatic N) is 1. The lowest BCUT2D eigenvalue weighted by Crippen LogP contribution is -2.20. The molecule has 0 fully saturated rings. The highest BCUT2D eigenvalue weighted by atomic mass is 32.2. The smallest absolute Gasteiger partial charge is 0.341 e. The predicted molar refractivity (Wildman–Crippen MR) is 122 cm³/mol. The van der Waals surface area contributed by atoms with Gasteiger partial charge in [-0.2, -0.15) is 0 Å². The summed E-state index contributed by atoms with van der Waals surface area (Å²) in [4.78, 5) is 31.2. The van der Waals surface area contributed by atoms with Crippen LogP contribution >= 0.6 is 22.7 Å². The SMILES string of the molecule is CCOC(=O)c1c(NC(=O)c2sc(-c3ccccc3)nc2C)sc2c1CCS(=O)(=O)C2. The molecule has 1 amide bonds. The van der Waals surface area contributed by atoms with Gasteiger partial charge in [0.1, 0.15) is 14.9 Å². The lowest BCUT2D eigenvalue weighted by atomic mass is 10.1. The van der Waals surface area contributed by atoms with Crippen LogP contribution in [0.15, 0.2) is 30.3 Å². The molecule has 0 aliphatic carbocycles. The largest absolute Gasteiger partial charge is 0.462 e. The van der Waals surface area contributed by atoms with Crippen LogP contribution in [0.3, 0.4) is 0 Å². The van der Waals surface area contributed by atoms with E-state index in [2.05, 4.69) is 10.3 Å². The molecule has 31 heavy (non-hydrogen) atoms. The summed E-state index contributed by atoms with van der Waals surface area (Å²) in [6.07, 6.45) is 0.232. The number of hydrogen-bond donors (Lipinski definition) is 1. The molecule has 3 heterocycles. The molecule has 0 unspecified atom stereocenters. The number of esters is 1. The fourth-order valence-electron chi connectivity index (χ4n) is 3.40. The van der Waals surface area contributed by atoms with Gasteiger partial charge in [0.2, 0.25) is 0 Å². The van der Waals surface area contributed by atoms with Crippen molar-refractivity contribution in [1.82, 2.24) is 4.98 Å². The third-order valence-corrected chi connectivity index (χ3v) is 8.93. The molecule has 0 atom stereocenters. The van der Waals surface area contributed by atoms with Gasteiger partial charge in [0.15, 0.2) is 9.84 Å². The summed E-state index contributed by atoms with van der Waals surface area (Å²) in [6, 6.07) is 9.57. The van der Waals surface area contributed by atoms with Gasteiger partial charge in [-0.25, -0.2) is 18.2 Å². The minimum absolute atomic E-state index is 0.0229. The number of aryl methyl sites for hydroxylation is 1. The van der Waals surface area contributed by atoms with E-state index in [4.69, 9.17) is 4.74 Å². The van der Waals surface area contributed by atoms with Gasteiger partial charge >= 0.3 is 5.97 Å². The molecule has 3 aromatic rings. The van der Waals surface area contributed by atoms with E-state index in [9.17, 15) is 18.0 Å². The van der Waals surface area contributed by atoms with Crippen molar-refractivity contribution in [2.24, 2.45) is 0 Å². The molecule has 4 rings (SSSR count). The molecule has 1 N–H and O–H groups in total. The van der Waals surface area contributed by atoms with Crippen LogP contribution in [0.25, 0.3) is 10.6 Å². The maximum Gasteiger partial charge on any atom is 0.341 e. The van der Waals surface area contributed by atoms with Gasteiger partial charge in [-0.05, 0) is 25.8 Å². The summed E-state index contributed by atoms with van der Waals surface area (Å²) >= 11 is 2.39. The summed E-state index contributed by atoms with van der Waals surface area (Å²) in [7, 11) is -3.21. The van der Waals surface area contributed by atoms with E-state index in [1.807, 2.05) is 30.3 Å². The lowest BCUT2D eigenvalue weighted by Gasteiger charge is -2.13. The second-order valence-corrected chi connectivity index (χ2v) is 11.3. The zero-order valence-electron chi connectivity index (χ0n) is 16.9. The van der Waals surface area contributed by atoms with Crippen LogP contribution in [0.4, 0.5) is 5.00 Å². The Morgan fingerprint density at radius 3 is 2.65 bits per heavy atom. The zero-order chi connectivity index (χ0) is 22.2. The maximum atomic E-state index is 13.0. The van der Waals surface area contributed by atoms with Gasteiger partial charge in [-0.1, -0.05) is 30.3 Å². The monoisotopic (exact) mass is 476 g/mol. The molecule has 0 bridgehead atoms. The Bertz CT molecular complexity index is 1260. The molecule has 0 spiro atoms. The van der Waals surface area contributed by atoms with Crippen LogP contribution in [-0.4, -0.2) is 37.6 Å². The summed E-state index contributed by atoms with van der Waals surface area (Å²) in [5.41, 5.74) is 2.41. The Kier molecular flexibility index (Phi) is 5.96. The first kappa shape index (κ1) is 21.7. The predicted octanol–water partition coefficient (Wildman–Crippen LogP) is 4.08. The first-order valence-corrected chi connectivity index (χ1v) is 13.1. The lowest BCUT2D eigenvalue weighted by molar-refractivity contribution is 0.0527. The zero-order valence-corrected chi connectivity index (χ0v) is 19.4. The number of sulfone groups is 1. The number of aromatic nitrogens is 1. The van der Waals surface area contributed by atoms with E-state index in [-0.39, 0.29) is 36.0 Å². The highest BCUT2D eigenvalue weighted by molar-refractivity contribution is 7.90. The number of hydrogen-bond acceptors (Lipinski definition) is 8. The minimum Gasteiger partial charge on any atom is -0.462 e. The topological polar surface area (TPSA) is 102 Å². The summed E-state index contributed by atoms with van der Waals surface area (Å²) in [6.45, 7) is 3.64. The molecule has 1 aliphatic heterocycles. The number of anilines is 1. The van der Waals surface area contributed by atoms with Crippen molar-refractivity contribution in [3.05, 3.63) is 56.9 Å². The molecule has 7 nitrogen and oxygen atoms in total. The first-order chi connectivity index (χ1) is 14.8. The van der Waals surface area contributed by atoms with Gasteiger partial charge in [0.25, 0.3) is 5.91 Å². The number of rotatable bonds is 5. The summed E-state index contributed by atoms with van der Waals surface area (Å²) < 4.78 is 29.3. The average molecular weight is 477 g/mol. The number of carbonyl (C=O) groups excluding carboxylic acids is 2. The Hall–Kier alpha value is -2.56. The van der Waals surface area contributed by atoms with E-state index in [1.165, 1.54) is 11.3 Å². The average Bonchev–Trinajstić information content (AvgIpc) is 3.27. The standard InChI is InChI=1S/C21H20N2O5S3/c1-3-28-21(25)16-14-9-10-31(26,27)11-15(14)29-20(16)23-18(24)17-12(2)22-19(30-17)13-7-5-4-6-8-13/h4-8H,3,9-11H2,1-2H3,(H,23,24). The van der Waals surface area contributed by atoms with Gasteiger partial charge in [0.05, 0.1) is 29.4 Å². The quantitative estimate of drug-likeness (QED) is 0.557. The molecule has 0 radical (unpaired) electrons. The Balaban J connectivity index is 1.68. The number of fused-ring (bicyclic) bond motifs is 1. The van der Waals surface area contributed by atoms with Crippen molar-refractivity contribution < 1.29 is 22.7 Å². The van der Waals surface area contributed by atoms with Crippen molar-refractivity contribution >= 4 is 49.4 Å². The molecule has 0 saturated heterocycles. The van der Waals surface area contributed by atoms with Crippen LogP contribution in [-0.2, 0) is 26.7 Å². The van der Waals surface area contributed by atoms with Crippen LogP contribution in [0.1, 0.15) is 43.1 Å². The molecule has 1 aromatic carbocycles. The highest BCUT2D eigenvalue weighted by Crippen LogP contribution is 2.39. The van der Waals surface area contributed by atoms with Crippen LogP contribution in [0, 0.1) is 6.92 Å². The second kappa shape index (κ2) is 8.52. The molecule has 0 saturated carbocycles. The summed E-state index contributed by atoms with van der Waals surface area (Å²) in [5, 5.41) is 3.86. The number of amides is 1.